The zero-order chi connectivity index (χ0) is 11.6. The third kappa shape index (κ3) is 2.26. The van der Waals surface area contributed by atoms with Crippen molar-refractivity contribution in [3.05, 3.63) is 24.3 Å². The lowest BCUT2D eigenvalue weighted by Gasteiger charge is -2.16. The van der Waals surface area contributed by atoms with Crippen molar-refractivity contribution in [1.29, 1.82) is 0 Å². The van der Waals surface area contributed by atoms with E-state index in [-0.39, 0.29) is 5.41 Å². The monoisotopic (exact) mass is 220 g/mol. The molecule has 16 heavy (non-hydrogen) atoms. The summed E-state index contributed by atoms with van der Waals surface area (Å²) in [5.74, 6) is 0.902. The molecule has 0 saturated carbocycles. The minimum absolute atomic E-state index is 0.0341. The summed E-state index contributed by atoms with van der Waals surface area (Å²) in [4.78, 5) is 0. The van der Waals surface area contributed by atoms with Gasteiger partial charge in [-0.25, -0.2) is 4.68 Å². The quantitative estimate of drug-likeness (QED) is 0.770. The summed E-state index contributed by atoms with van der Waals surface area (Å²) < 4.78 is 3.70. The Morgan fingerprint density at radius 2 is 2.06 bits per heavy atom. The maximum absolute atomic E-state index is 4.14. The van der Waals surface area contributed by atoms with Crippen molar-refractivity contribution < 1.29 is 0 Å². The van der Waals surface area contributed by atoms with Crippen LogP contribution in [0.15, 0.2) is 18.5 Å². The van der Waals surface area contributed by atoms with E-state index in [1.807, 2.05) is 21.6 Å². The van der Waals surface area contributed by atoms with E-state index < -0.39 is 0 Å². The summed E-state index contributed by atoms with van der Waals surface area (Å²) in [6.45, 7) is 7.82. The molecular formula is C10H16N6. The number of tetrazole rings is 1. The SMILES string of the molecule is CC(C)(C)c1nnnn1CCn1cccn1. The molecule has 0 aromatic carbocycles. The van der Waals surface area contributed by atoms with Gasteiger partial charge < -0.3 is 0 Å². The van der Waals surface area contributed by atoms with Gasteiger partial charge in [-0.1, -0.05) is 20.8 Å². The molecule has 0 spiro atoms. The van der Waals surface area contributed by atoms with Crippen LogP contribution in [0, 0.1) is 0 Å². The highest BCUT2D eigenvalue weighted by atomic mass is 15.5. The van der Waals surface area contributed by atoms with Crippen molar-refractivity contribution in [3.8, 4) is 0 Å². The molecule has 0 bridgehead atoms. The third-order valence-electron chi connectivity index (χ3n) is 2.30. The van der Waals surface area contributed by atoms with E-state index in [1.165, 1.54) is 0 Å². The van der Waals surface area contributed by atoms with Crippen molar-refractivity contribution in [3.63, 3.8) is 0 Å². The van der Waals surface area contributed by atoms with E-state index in [0.717, 1.165) is 18.9 Å². The van der Waals surface area contributed by atoms with Gasteiger partial charge in [0.2, 0.25) is 0 Å². The number of aryl methyl sites for hydroxylation is 2. The van der Waals surface area contributed by atoms with Crippen molar-refractivity contribution in [2.45, 2.75) is 39.3 Å². The van der Waals surface area contributed by atoms with Gasteiger partial charge >= 0.3 is 0 Å². The van der Waals surface area contributed by atoms with Crippen LogP contribution in [0.5, 0.6) is 0 Å². The molecule has 2 aromatic rings. The Labute approximate surface area is 94.3 Å². The normalized spacial score (nSPS) is 11.9. The van der Waals surface area contributed by atoms with E-state index in [0.29, 0.717) is 0 Å². The molecule has 0 fully saturated rings. The molecule has 0 unspecified atom stereocenters. The number of aromatic nitrogens is 6. The Bertz CT molecular complexity index is 436. The summed E-state index contributed by atoms with van der Waals surface area (Å²) in [7, 11) is 0. The van der Waals surface area contributed by atoms with Crippen molar-refractivity contribution >= 4 is 0 Å². The van der Waals surface area contributed by atoms with Crippen LogP contribution in [0.4, 0.5) is 0 Å². The highest BCUT2D eigenvalue weighted by molar-refractivity contribution is 4.98. The predicted molar refractivity (Wildman–Crippen MR) is 58.7 cm³/mol. The molecule has 0 N–H and O–H groups in total. The van der Waals surface area contributed by atoms with Gasteiger partial charge in [0.1, 0.15) is 0 Å². The molecule has 0 amide bonds. The van der Waals surface area contributed by atoms with E-state index >= 15 is 0 Å². The smallest absolute Gasteiger partial charge is 0.156 e. The fraction of sp³-hybridized carbons (Fsp3) is 0.600. The van der Waals surface area contributed by atoms with Gasteiger partial charge in [0.15, 0.2) is 5.82 Å². The lowest BCUT2D eigenvalue weighted by Crippen LogP contribution is -2.21. The number of rotatable bonds is 3. The van der Waals surface area contributed by atoms with Gasteiger partial charge in [-0.2, -0.15) is 5.10 Å². The Kier molecular flexibility index (Phi) is 2.72. The Balaban J connectivity index is 2.08. The zero-order valence-electron chi connectivity index (χ0n) is 9.83. The van der Waals surface area contributed by atoms with Crippen LogP contribution in [0.3, 0.4) is 0 Å². The van der Waals surface area contributed by atoms with Gasteiger partial charge in [-0.05, 0) is 16.5 Å². The average molecular weight is 220 g/mol. The number of hydrogen-bond donors (Lipinski definition) is 0. The van der Waals surface area contributed by atoms with Crippen LogP contribution in [0.2, 0.25) is 0 Å². The molecule has 0 atom stereocenters. The van der Waals surface area contributed by atoms with Crippen molar-refractivity contribution in [1.82, 2.24) is 30.0 Å². The summed E-state index contributed by atoms with van der Waals surface area (Å²) in [5.41, 5.74) is -0.0341. The standard InChI is InChI=1S/C10H16N6/c1-10(2,3)9-12-13-14-16(9)8-7-15-6-4-5-11-15/h4-6H,7-8H2,1-3H3. The molecule has 2 aromatic heterocycles. The summed E-state index contributed by atoms with van der Waals surface area (Å²) in [5, 5.41) is 15.9. The molecule has 6 nitrogen and oxygen atoms in total. The maximum Gasteiger partial charge on any atom is 0.156 e. The second-order valence-electron chi connectivity index (χ2n) is 4.74. The fourth-order valence-corrected chi connectivity index (χ4v) is 1.52. The van der Waals surface area contributed by atoms with Gasteiger partial charge in [-0.15, -0.1) is 5.10 Å². The van der Waals surface area contributed by atoms with Crippen LogP contribution in [0.25, 0.3) is 0 Å². The zero-order valence-corrected chi connectivity index (χ0v) is 9.83. The van der Waals surface area contributed by atoms with Crippen LogP contribution in [0.1, 0.15) is 26.6 Å². The molecule has 86 valence electrons. The van der Waals surface area contributed by atoms with Crippen LogP contribution < -0.4 is 0 Å². The van der Waals surface area contributed by atoms with Gasteiger partial charge in [0.05, 0.1) is 13.1 Å². The molecule has 2 heterocycles. The fourth-order valence-electron chi connectivity index (χ4n) is 1.52. The Morgan fingerprint density at radius 3 is 2.69 bits per heavy atom. The van der Waals surface area contributed by atoms with E-state index in [4.69, 9.17) is 0 Å². The van der Waals surface area contributed by atoms with E-state index in [2.05, 4.69) is 41.4 Å². The molecule has 6 heteroatoms. The highest BCUT2D eigenvalue weighted by Crippen LogP contribution is 2.18. The van der Waals surface area contributed by atoms with Crippen molar-refractivity contribution in [2.75, 3.05) is 0 Å². The van der Waals surface area contributed by atoms with E-state index in [9.17, 15) is 0 Å². The first kappa shape index (κ1) is 10.8. The summed E-state index contributed by atoms with van der Waals surface area (Å²) in [6, 6.07) is 1.91. The van der Waals surface area contributed by atoms with Crippen LogP contribution in [-0.2, 0) is 18.5 Å². The van der Waals surface area contributed by atoms with Gasteiger partial charge in [-0.3, -0.25) is 4.68 Å². The minimum atomic E-state index is -0.0341. The van der Waals surface area contributed by atoms with Crippen molar-refractivity contribution in [2.24, 2.45) is 0 Å². The molecule has 0 aliphatic heterocycles. The molecule has 0 aliphatic rings. The summed E-state index contributed by atoms with van der Waals surface area (Å²) in [6.07, 6.45) is 3.70. The highest BCUT2D eigenvalue weighted by Gasteiger charge is 2.21. The van der Waals surface area contributed by atoms with Crippen LogP contribution in [-0.4, -0.2) is 30.0 Å². The Morgan fingerprint density at radius 1 is 1.25 bits per heavy atom. The minimum Gasteiger partial charge on any atom is -0.271 e. The first-order valence-corrected chi connectivity index (χ1v) is 5.31. The molecule has 0 saturated heterocycles. The van der Waals surface area contributed by atoms with Gasteiger partial charge in [0, 0.05) is 17.8 Å². The lowest BCUT2D eigenvalue weighted by molar-refractivity contribution is 0.434. The largest absolute Gasteiger partial charge is 0.271 e. The Hall–Kier alpha value is -1.72. The lowest BCUT2D eigenvalue weighted by atomic mass is 9.96. The molecule has 2 rings (SSSR count). The summed E-state index contributed by atoms with van der Waals surface area (Å²) >= 11 is 0. The maximum atomic E-state index is 4.14. The topological polar surface area (TPSA) is 61.4 Å². The van der Waals surface area contributed by atoms with Gasteiger partial charge in [0.25, 0.3) is 0 Å². The second-order valence-corrected chi connectivity index (χ2v) is 4.74. The third-order valence-corrected chi connectivity index (χ3v) is 2.30. The molecular weight excluding hydrogens is 204 g/mol. The number of hydrogen-bond acceptors (Lipinski definition) is 4. The second kappa shape index (κ2) is 4.03. The van der Waals surface area contributed by atoms with E-state index in [1.54, 1.807) is 6.20 Å². The first-order valence-electron chi connectivity index (χ1n) is 5.31. The molecule has 0 radical (unpaired) electrons. The molecule has 0 aliphatic carbocycles. The first-order chi connectivity index (χ1) is 7.57. The van der Waals surface area contributed by atoms with Crippen LogP contribution >= 0.6 is 0 Å². The predicted octanol–water partition coefficient (Wildman–Crippen LogP) is 0.867. The average Bonchev–Trinajstić information content (AvgIpc) is 2.85. The number of nitrogens with zero attached hydrogens (tertiary/aromatic N) is 6.